The van der Waals surface area contributed by atoms with Crippen LogP contribution in [-0.2, 0) is 18.2 Å². The van der Waals surface area contributed by atoms with Crippen LogP contribution >= 0.6 is 0 Å². The molecule has 0 bridgehead atoms. The molecule has 4 nitrogen and oxygen atoms in total. The summed E-state index contributed by atoms with van der Waals surface area (Å²) in [5.74, 6) is 0. The van der Waals surface area contributed by atoms with Crippen LogP contribution in [-0.4, -0.2) is 34.6 Å². The lowest BCUT2D eigenvalue weighted by molar-refractivity contribution is -0.0116. The highest BCUT2D eigenvalue weighted by molar-refractivity contribution is 5.06. The SMILES string of the molecule is CCCNC(Cc1ccn(C)n1)C1(C)CCCO1. The molecular weight excluding hydrogens is 226 g/mol. The van der Waals surface area contributed by atoms with E-state index in [2.05, 4.69) is 30.3 Å². The van der Waals surface area contributed by atoms with E-state index in [9.17, 15) is 0 Å². The van der Waals surface area contributed by atoms with Crippen LogP contribution in [0, 0.1) is 0 Å². The minimum atomic E-state index is -0.0350. The molecule has 4 heteroatoms. The Bertz CT molecular complexity index is 369. The summed E-state index contributed by atoms with van der Waals surface area (Å²) in [6.45, 7) is 6.36. The number of aryl methyl sites for hydroxylation is 1. The molecule has 2 atom stereocenters. The van der Waals surface area contributed by atoms with Crippen molar-refractivity contribution in [3.8, 4) is 0 Å². The molecule has 1 aliphatic heterocycles. The molecule has 102 valence electrons. The quantitative estimate of drug-likeness (QED) is 0.839. The van der Waals surface area contributed by atoms with Gasteiger partial charge >= 0.3 is 0 Å². The third-order valence-corrected chi connectivity index (χ3v) is 3.81. The van der Waals surface area contributed by atoms with Crippen molar-refractivity contribution in [1.82, 2.24) is 15.1 Å². The van der Waals surface area contributed by atoms with E-state index >= 15 is 0 Å². The summed E-state index contributed by atoms with van der Waals surface area (Å²) in [6.07, 6.45) is 6.40. The zero-order valence-electron chi connectivity index (χ0n) is 11.8. The van der Waals surface area contributed by atoms with Gasteiger partial charge in [0.1, 0.15) is 0 Å². The number of ether oxygens (including phenoxy) is 1. The summed E-state index contributed by atoms with van der Waals surface area (Å²) < 4.78 is 7.85. The van der Waals surface area contributed by atoms with Gasteiger partial charge in [-0.2, -0.15) is 5.10 Å². The van der Waals surface area contributed by atoms with E-state index in [4.69, 9.17) is 4.74 Å². The van der Waals surface area contributed by atoms with Gasteiger partial charge in [0, 0.05) is 32.3 Å². The number of nitrogens with zero attached hydrogens (tertiary/aromatic N) is 2. The first-order valence-corrected chi connectivity index (χ1v) is 7.00. The van der Waals surface area contributed by atoms with E-state index in [1.807, 2.05) is 17.9 Å². The van der Waals surface area contributed by atoms with Crippen LogP contribution in [0.4, 0.5) is 0 Å². The summed E-state index contributed by atoms with van der Waals surface area (Å²) in [4.78, 5) is 0. The highest BCUT2D eigenvalue weighted by Crippen LogP contribution is 2.30. The lowest BCUT2D eigenvalue weighted by Gasteiger charge is -2.34. The smallest absolute Gasteiger partial charge is 0.0811 e. The van der Waals surface area contributed by atoms with Crippen LogP contribution in [0.25, 0.3) is 0 Å². The van der Waals surface area contributed by atoms with Crippen molar-refractivity contribution in [1.29, 1.82) is 0 Å². The second-order valence-corrected chi connectivity index (χ2v) is 5.46. The molecule has 0 radical (unpaired) electrons. The molecule has 0 aromatic carbocycles. The van der Waals surface area contributed by atoms with Gasteiger partial charge in [-0.15, -0.1) is 0 Å². The molecule has 1 aliphatic rings. The first-order chi connectivity index (χ1) is 8.64. The number of hydrogen-bond donors (Lipinski definition) is 1. The van der Waals surface area contributed by atoms with Gasteiger partial charge in [-0.1, -0.05) is 6.92 Å². The third-order valence-electron chi connectivity index (χ3n) is 3.81. The average molecular weight is 251 g/mol. The van der Waals surface area contributed by atoms with E-state index in [0.717, 1.165) is 38.1 Å². The Morgan fingerprint density at radius 2 is 2.44 bits per heavy atom. The standard InChI is InChI=1S/C14H25N3O/c1-4-8-15-13(14(2)7-5-10-18-14)11-12-6-9-17(3)16-12/h6,9,13,15H,4-5,7-8,10-11H2,1-3H3. The van der Waals surface area contributed by atoms with Gasteiger partial charge in [0.25, 0.3) is 0 Å². The lowest BCUT2D eigenvalue weighted by atomic mass is 9.89. The Labute approximate surface area is 110 Å². The molecule has 18 heavy (non-hydrogen) atoms. The second kappa shape index (κ2) is 5.85. The normalized spacial score (nSPS) is 25.5. The molecule has 1 aromatic rings. The van der Waals surface area contributed by atoms with Gasteiger partial charge in [0.05, 0.1) is 11.3 Å². The molecule has 2 unspecified atom stereocenters. The highest BCUT2D eigenvalue weighted by atomic mass is 16.5. The first kappa shape index (κ1) is 13.6. The van der Waals surface area contributed by atoms with E-state index in [-0.39, 0.29) is 5.60 Å². The maximum absolute atomic E-state index is 5.98. The third kappa shape index (κ3) is 3.12. The summed E-state index contributed by atoms with van der Waals surface area (Å²) in [7, 11) is 1.96. The van der Waals surface area contributed by atoms with Crippen molar-refractivity contribution >= 4 is 0 Å². The number of hydrogen-bond acceptors (Lipinski definition) is 3. The van der Waals surface area contributed by atoms with Gasteiger partial charge in [-0.05, 0) is 38.8 Å². The van der Waals surface area contributed by atoms with Gasteiger partial charge in [-0.3, -0.25) is 4.68 Å². The van der Waals surface area contributed by atoms with Crippen LogP contribution in [0.15, 0.2) is 12.3 Å². The lowest BCUT2D eigenvalue weighted by Crippen LogP contribution is -2.50. The molecule has 1 N–H and O–H groups in total. The van der Waals surface area contributed by atoms with Crippen LogP contribution in [0.3, 0.4) is 0 Å². The van der Waals surface area contributed by atoms with Crippen molar-refractivity contribution in [2.45, 2.75) is 51.2 Å². The molecule has 0 saturated carbocycles. The maximum Gasteiger partial charge on any atom is 0.0811 e. The van der Waals surface area contributed by atoms with E-state index in [1.54, 1.807) is 0 Å². The fourth-order valence-electron chi connectivity index (χ4n) is 2.68. The zero-order chi connectivity index (χ0) is 13.0. The minimum absolute atomic E-state index is 0.0350. The van der Waals surface area contributed by atoms with Crippen LogP contribution < -0.4 is 5.32 Å². The number of aromatic nitrogens is 2. The molecular formula is C14H25N3O. The summed E-state index contributed by atoms with van der Waals surface area (Å²) in [5.41, 5.74) is 1.11. The second-order valence-electron chi connectivity index (χ2n) is 5.46. The zero-order valence-corrected chi connectivity index (χ0v) is 11.8. The molecule has 0 aliphatic carbocycles. The van der Waals surface area contributed by atoms with Crippen LogP contribution in [0.1, 0.15) is 38.8 Å². The summed E-state index contributed by atoms with van der Waals surface area (Å²) in [6, 6.07) is 2.45. The maximum atomic E-state index is 5.98. The van der Waals surface area contributed by atoms with Gasteiger partial charge in [-0.25, -0.2) is 0 Å². The van der Waals surface area contributed by atoms with Crippen molar-refractivity contribution < 1.29 is 4.74 Å². The fraction of sp³-hybridized carbons (Fsp3) is 0.786. The Kier molecular flexibility index (Phi) is 4.40. The largest absolute Gasteiger partial charge is 0.374 e. The van der Waals surface area contributed by atoms with Crippen molar-refractivity contribution in [3.05, 3.63) is 18.0 Å². The van der Waals surface area contributed by atoms with E-state index in [1.165, 1.54) is 6.42 Å². The first-order valence-electron chi connectivity index (χ1n) is 7.00. The predicted octanol–water partition coefficient (Wildman–Crippen LogP) is 1.90. The van der Waals surface area contributed by atoms with Gasteiger partial charge < -0.3 is 10.1 Å². The van der Waals surface area contributed by atoms with Crippen molar-refractivity contribution in [3.63, 3.8) is 0 Å². The van der Waals surface area contributed by atoms with Gasteiger partial charge in [0.2, 0.25) is 0 Å². The van der Waals surface area contributed by atoms with E-state index < -0.39 is 0 Å². The van der Waals surface area contributed by atoms with Crippen LogP contribution in [0.2, 0.25) is 0 Å². The number of nitrogens with one attached hydrogen (secondary N) is 1. The molecule has 2 rings (SSSR count). The van der Waals surface area contributed by atoms with Crippen molar-refractivity contribution in [2.75, 3.05) is 13.2 Å². The minimum Gasteiger partial charge on any atom is -0.374 e. The Hall–Kier alpha value is -0.870. The Morgan fingerprint density at radius 3 is 3.00 bits per heavy atom. The van der Waals surface area contributed by atoms with Crippen LogP contribution in [0.5, 0.6) is 0 Å². The summed E-state index contributed by atoms with van der Waals surface area (Å²) in [5, 5.41) is 8.12. The van der Waals surface area contributed by atoms with E-state index in [0.29, 0.717) is 6.04 Å². The molecule has 0 spiro atoms. The Balaban J connectivity index is 2.04. The fourth-order valence-corrected chi connectivity index (χ4v) is 2.68. The van der Waals surface area contributed by atoms with Gasteiger partial charge in [0.15, 0.2) is 0 Å². The summed E-state index contributed by atoms with van der Waals surface area (Å²) >= 11 is 0. The molecule has 1 aromatic heterocycles. The molecule has 2 heterocycles. The molecule has 1 saturated heterocycles. The number of rotatable bonds is 6. The molecule has 0 amide bonds. The topological polar surface area (TPSA) is 39.1 Å². The highest BCUT2D eigenvalue weighted by Gasteiger charge is 2.38. The predicted molar refractivity (Wildman–Crippen MR) is 72.6 cm³/mol. The average Bonchev–Trinajstić information content (AvgIpc) is 2.94. The van der Waals surface area contributed by atoms with Crippen molar-refractivity contribution in [2.24, 2.45) is 7.05 Å². The monoisotopic (exact) mass is 251 g/mol. The Morgan fingerprint density at radius 1 is 1.61 bits per heavy atom. The molecule has 1 fully saturated rings.